The molecule has 1 heterocycles. The number of urea groups is 1. The van der Waals surface area contributed by atoms with E-state index in [0.29, 0.717) is 26.4 Å². The fourth-order valence-corrected chi connectivity index (χ4v) is 3.89. The Labute approximate surface area is 210 Å². The molecule has 3 aromatic carbocycles. The van der Waals surface area contributed by atoms with E-state index >= 15 is 0 Å². The first-order valence-electron chi connectivity index (χ1n) is 10.4. The summed E-state index contributed by atoms with van der Waals surface area (Å²) in [5.41, 5.74) is 1.44. The van der Waals surface area contributed by atoms with Gasteiger partial charge in [0.15, 0.2) is 0 Å². The van der Waals surface area contributed by atoms with Gasteiger partial charge in [0.05, 0.1) is 17.9 Å². The average molecular weight is 570 g/mol. The smallest absolute Gasteiger partial charge is 0.387 e. The van der Waals surface area contributed by atoms with Gasteiger partial charge in [0.2, 0.25) is 0 Å². The zero-order chi connectivity index (χ0) is 25.8. The monoisotopic (exact) mass is 569 g/mol. The number of rotatable bonds is 7. The minimum absolute atomic E-state index is 0.0407. The van der Waals surface area contributed by atoms with Gasteiger partial charge in [-0.05, 0) is 71.8 Å². The highest BCUT2D eigenvalue weighted by atomic mass is 79.9. The molecule has 0 radical (unpaired) electrons. The Balaban J connectivity index is 1.69. The standard InChI is InChI=1S/C24H17BrF5N3O3/c25-16-5-9-18(10-6-16)33(36-23(29)30)24(34)32-13-20(14-1-7-17(26)8-2-14)21(31-32)15-3-11-19(12-4-15)35-22(27)28/h1-12,20,22-23H,13H2. The van der Waals surface area contributed by atoms with Crippen LogP contribution in [0, 0.1) is 5.82 Å². The Morgan fingerprint density at radius 2 is 1.58 bits per heavy atom. The molecule has 0 N–H and O–H groups in total. The van der Waals surface area contributed by atoms with Crippen molar-refractivity contribution in [1.29, 1.82) is 0 Å². The minimum atomic E-state index is -3.29. The number of amides is 2. The summed E-state index contributed by atoms with van der Waals surface area (Å²) in [5.74, 6) is -1.12. The second-order valence-corrected chi connectivity index (χ2v) is 8.41. The van der Waals surface area contributed by atoms with Crippen LogP contribution in [0.2, 0.25) is 0 Å². The van der Waals surface area contributed by atoms with Gasteiger partial charge in [-0.2, -0.15) is 32.6 Å². The Bertz CT molecular complexity index is 1230. The highest BCUT2D eigenvalue weighted by Gasteiger charge is 2.36. The quantitative estimate of drug-likeness (QED) is 0.233. The molecule has 0 aromatic heterocycles. The maximum atomic E-state index is 13.5. The molecule has 0 bridgehead atoms. The Morgan fingerprint density at radius 1 is 0.944 bits per heavy atom. The molecule has 0 fully saturated rings. The zero-order valence-corrected chi connectivity index (χ0v) is 19.8. The number of carbonyl (C=O) groups excluding carboxylic acids is 1. The fraction of sp³-hybridized carbons (Fsp3) is 0.167. The van der Waals surface area contributed by atoms with Crippen LogP contribution in [0.3, 0.4) is 0 Å². The van der Waals surface area contributed by atoms with Crippen molar-refractivity contribution in [2.75, 3.05) is 11.6 Å². The van der Waals surface area contributed by atoms with Crippen LogP contribution < -0.4 is 9.80 Å². The Hall–Kier alpha value is -3.51. The average Bonchev–Trinajstić information content (AvgIpc) is 3.29. The Kier molecular flexibility index (Phi) is 7.85. The molecule has 0 saturated heterocycles. The van der Waals surface area contributed by atoms with Gasteiger partial charge in [-0.25, -0.2) is 14.2 Å². The number of hydrogen-bond acceptors (Lipinski definition) is 4. The van der Waals surface area contributed by atoms with E-state index in [1.807, 2.05) is 0 Å². The van der Waals surface area contributed by atoms with Crippen molar-refractivity contribution in [3.63, 3.8) is 0 Å². The van der Waals surface area contributed by atoms with Gasteiger partial charge in [0.25, 0.3) is 0 Å². The number of hydroxylamine groups is 1. The van der Waals surface area contributed by atoms with Crippen LogP contribution in [0.1, 0.15) is 17.0 Å². The molecule has 4 rings (SSSR count). The first-order valence-corrected chi connectivity index (χ1v) is 11.2. The summed E-state index contributed by atoms with van der Waals surface area (Å²) in [6.07, 6.45) is 0. The maximum absolute atomic E-state index is 13.5. The van der Waals surface area contributed by atoms with Gasteiger partial charge >= 0.3 is 19.3 Å². The summed E-state index contributed by atoms with van der Waals surface area (Å²) < 4.78 is 69.9. The number of nitrogens with zero attached hydrogens (tertiary/aromatic N) is 3. The predicted molar refractivity (Wildman–Crippen MR) is 125 cm³/mol. The summed E-state index contributed by atoms with van der Waals surface area (Å²) in [5, 5.41) is 5.73. The van der Waals surface area contributed by atoms with Crippen LogP contribution in [-0.2, 0) is 4.84 Å². The molecular weight excluding hydrogens is 553 g/mol. The molecule has 188 valence electrons. The van der Waals surface area contributed by atoms with E-state index in [2.05, 4.69) is 30.6 Å². The highest BCUT2D eigenvalue weighted by Crippen LogP contribution is 2.32. The van der Waals surface area contributed by atoms with E-state index in [1.54, 1.807) is 12.1 Å². The van der Waals surface area contributed by atoms with Gasteiger partial charge < -0.3 is 4.74 Å². The highest BCUT2D eigenvalue weighted by molar-refractivity contribution is 9.10. The SMILES string of the molecule is O=C(N1CC(c2ccc(F)cc2)C(c2ccc(OC(F)F)cc2)=N1)N(OC(F)F)c1ccc(Br)cc1. The van der Waals surface area contributed by atoms with Crippen LogP contribution in [0.25, 0.3) is 0 Å². The van der Waals surface area contributed by atoms with Gasteiger partial charge in [0.1, 0.15) is 11.6 Å². The van der Waals surface area contributed by atoms with Crippen molar-refractivity contribution in [1.82, 2.24) is 5.01 Å². The lowest BCUT2D eigenvalue weighted by Gasteiger charge is -2.25. The van der Waals surface area contributed by atoms with Gasteiger partial charge in [-0.1, -0.05) is 28.1 Å². The summed E-state index contributed by atoms with van der Waals surface area (Å²) >= 11 is 3.24. The van der Waals surface area contributed by atoms with Crippen molar-refractivity contribution < 1.29 is 36.3 Å². The minimum Gasteiger partial charge on any atom is -0.435 e. The van der Waals surface area contributed by atoms with Crippen molar-refractivity contribution in [3.05, 3.63) is 94.2 Å². The molecule has 1 unspecified atom stereocenters. The predicted octanol–water partition coefficient (Wildman–Crippen LogP) is 6.77. The van der Waals surface area contributed by atoms with Crippen molar-refractivity contribution >= 4 is 33.4 Å². The lowest BCUT2D eigenvalue weighted by molar-refractivity contribution is -0.132. The molecule has 0 saturated carbocycles. The Morgan fingerprint density at radius 3 is 2.17 bits per heavy atom. The number of carbonyl (C=O) groups is 1. The molecule has 0 aliphatic carbocycles. The first kappa shape index (κ1) is 25.6. The normalized spacial score (nSPS) is 15.4. The molecule has 6 nitrogen and oxygen atoms in total. The molecule has 3 aromatic rings. The third kappa shape index (κ3) is 6.00. The number of alkyl halides is 4. The van der Waals surface area contributed by atoms with Crippen molar-refractivity contribution in [2.24, 2.45) is 5.10 Å². The second-order valence-electron chi connectivity index (χ2n) is 7.49. The molecule has 1 aliphatic rings. The fourth-order valence-electron chi connectivity index (χ4n) is 3.62. The molecule has 1 atom stereocenters. The van der Waals surface area contributed by atoms with Crippen LogP contribution in [-0.4, -0.2) is 36.5 Å². The lowest BCUT2D eigenvalue weighted by atomic mass is 9.90. The van der Waals surface area contributed by atoms with Crippen LogP contribution >= 0.6 is 15.9 Å². The molecular formula is C24H17BrF5N3O3. The zero-order valence-electron chi connectivity index (χ0n) is 18.2. The van der Waals surface area contributed by atoms with Crippen molar-refractivity contribution in [3.8, 4) is 5.75 Å². The summed E-state index contributed by atoms with van der Waals surface area (Å²) in [6.45, 7) is -6.37. The number of benzene rings is 3. The third-order valence-corrected chi connectivity index (χ3v) is 5.73. The molecule has 1 aliphatic heterocycles. The summed E-state index contributed by atoms with van der Waals surface area (Å²) in [4.78, 5) is 17.7. The van der Waals surface area contributed by atoms with E-state index in [-0.39, 0.29) is 18.0 Å². The van der Waals surface area contributed by atoms with E-state index in [4.69, 9.17) is 0 Å². The van der Waals surface area contributed by atoms with Gasteiger partial charge in [-0.3, -0.25) is 0 Å². The van der Waals surface area contributed by atoms with E-state index in [1.165, 1.54) is 60.7 Å². The summed E-state index contributed by atoms with van der Waals surface area (Å²) in [6, 6.07) is 16.0. The van der Waals surface area contributed by atoms with Crippen molar-refractivity contribution in [2.45, 2.75) is 19.1 Å². The van der Waals surface area contributed by atoms with E-state index in [9.17, 15) is 26.7 Å². The van der Waals surface area contributed by atoms with E-state index < -0.39 is 31.0 Å². The first-order chi connectivity index (χ1) is 17.2. The topological polar surface area (TPSA) is 54.4 Å². The van der Waals surface area contributed by atoms with Crippen LogP contribution in [0.15, 0.2) is 82.4 Å². The molecule has 36 heavy (non-hydrogen) atoms. The molecule has 2 amide bonds. The largest absolute Gasteiger partial charge is 0.435 e. The van der Waals surface area contributed by atoms with Gasteiger partial charge in [0, 0.05) is 10.4 Å². The van der Waals surface area contributed by atoms with Crippen LogP contribution in [0.4, 0.5) is 32.4 Å². The maximum Gasteiger partial charge on any atom is 0.387 e. The second kappa shape index (κ2) is 11.0. The van der Waals surface area contributed by atoms with Crippen LogP contribution in [0.5, 0.6) is 5.75 Å². The molecule has 0 spiro atoms. The number of ether oxygens (including phenoxy) is 1. The number of halogens is 6. The molecule has 12 heteroatoms. The summed E-state index contributed by atoms with van der Waals surface area (Å²) in [7, 11) is 0. The number of hydrazone groups is 1. The number of hydrogen-bond donors (Lipinski definition) is 0. The number of anilines is 1. The van der Waals surface area contributed by atoms with E-state index in [0.717, 1.165) is 5.01 Å². The lowest BCUT2D eigenvalue weighted by Crippen LogP contribution is -2.41. The third-order valence-electron chi connectivity index (χ3n) is 5.20. The van der Waals surface area contributed by atoms with Gasteiger partial charge in [-0.15, -0.1) is 0 Å².